The van der Waals surface area contributed by atoms with Gasteiger partial charge >= 0.3 is 0 Å². The largest absolute Gasteiger partial charge is 0.330 e. The second kappa shape index (κ2) is 6.52. The van der Waals surface area contributed by atoms with Crippen LogP contribution in [0, 0.1) is 0 Å². The minimum atomic E-state index is 0.615. The van der Waals surface area contributed by atoms with Gasteiger partial charge in [-0.1, -0.05) is 30.3 Å². The maximum absolute atomic E-state index is 6.01. The van der Waals surface area contributed by atoms with Gasteiger partial charge in [0.1, 0.15) is 5.82 Å². The van der Waals surface area contributed by atoms with E-state index in [1.165, 1.54) is 17.1 Å². The molecule has 0 saturated carbocycles. The molecule has 0 aliphatic rings. The molecule has 2 N–H and O–H groups in total. The molecule has 0 atom stereocenters. The lowest BCUT2D eigenvalue weighted by Crippen LogP contribution is -2.03. The lowest BCUT2D eigenvalue weighted by atomic mass is 10.1. The van der Waals surface area contributed by atoms with Crippen molar-refractivity contribution in [3.63, 3.8) is 0 Å². The summed E-state index contributed by atoms with van der Waals surface area (Å²) in [6.45, 7) is 2.67. The number of nitrogens with two attached hydrogens (primary N) is 1. The van der Waals surface area contributed by atoms with Crippen LogP contribution < -0.4 is 5.73 Å². The molecule has 3 nitrogen and oxygen atoms in total. The summed E-state index contributed by atoms with van der Waals surface area (Å²) in [5.74, 6) is 0.900. The number of nitrogens with zero attached hydrogens (tertiary/aromatic N) is 2. The third-order valence-electron chi connectivity index (χ3n) is 2.40. The van der Waals surface area contributed by atoms with Gasteiger partial charge in [0, 0.05) is 16.3 Å². The maximum atomic E-state index is 6.01. The Bertz CT molecular complexity index is 528. The first kappa shape index (κ1) is 13.8. The van der Waals surface area contributed by atoms with Crippen molar-refractivity contribution in [2.24, 2.45) is 5.73 Å². The average molecular weight is 300 g/mol. The van der Waals surface area contributed by atoms with Crippen molar-refractivity contribution in [2.75, 3.05) is 6.54 Å². The Morgan fingerprint density at radius 2 is 2.28 bits per heavy atom. The minimum Gasteiger partial charge on any atom is -0.330 e. The quantitative estimate of drug-likeness (QED) is 0.919. The highest BCUT2D eigenvalue weighted by atomic mass is 35.5. The van der Waals surface area contributed by atoms with E-state index in [4.69, 9.17) is 17.3 Å². The number of rotatable bonds is 5. The molecule has 2 rings (SSSR count). The first-order valence-electron chi connectivity index (χ1n) is 5.72. The lowest BCUT2D eigenvalue weighted by Gasteiger charge is -2.06. The fourth-order valence-corrected chi connectivity index (χ4v) is 3.51. The first-order chi connectivity index (χ1) is 8.72. The van der Waals surface area contributed by atoms with Crippen LogP contribution >= 0.6 is 34.9 Å². The Labute approximate surface area is 120 Å². The summed E-state index contributed by atoms with van der Waals surface area (Å²) in [6.07, 6.45) is 1.69. The molecule has 2 aromatic rings. The zero-order valence-electron chi connectivity index (χ0n) is 10.0. The topological polar surface area (TPSA) is 51.8 Å². The molecule has 0 bridgehead atoms. The number of aromatic nitrogens is 2. The van der Waals surface area contributed by atoms with Crippen molar-refractivity contribution < 1.29 is 0 Å². The average Bonchev–Trinajstić information content (AvgIpc) is 2.81. The van der Waals surface area contributed by atoms with Gasteiger partial charge in [0.2, 0.25) is 0 Å². The smallest absolute Gasteiger partial charge is 0.174 e. The molecule has 0 unspecified atom stereocenters. The van der Waals surface area contributed by atoms with Crippen LogP contribution in [0.25, 0.3) is 0 Å². The van der Waals surface area contributed by atoms with E-state index in [0.29, 0.717) is 6.54 Å². The fraction of sp³-hybridized carbons (Fsp3) is 0.333. The van der Waals surface area contributed by atoms with E-state index < -0.39 is 0 Å². The lowest BCUT2D eigenvalue weighted by molar-refractivity contribution is 0.942. The molecule has 1 aromatic heterocycles. The molecule has 18 heavy (non-hydrogen) atoms. The summed E-state index contributed by atoms with van der Waals surface area (Å²) in [5, 5.41) is 0.745. The Morgan fingerprint density at radius 3 is 2.94 bits per heavy atom. The van der Waals surface area contributed by atoms with E-state index in [9.17, 15) is 0 Å². The van der Waals surface area contributed by atoms with E-state index in [1.54, 1.807) is 11.8 Å². The van der Waals surface area contributed by atoms with Crippen LogP contribution in [0.5, 0.6) is 0 Å². The second-order valence-corrected chi connectivity index (χ2v) is 6.20. The predicted octanol–water partition coefficient (Wildman–Crippen LogP) is 3.41. The normalized spacial score (nSPS) is 10.8. The van der Waals surface area contributed by atoms with Crippen LogP contribution in [0.4, 0.5) is 0 Å². The number of halogens is 1. The molecule has 0 aliphatic heterocycles. The van der Waals surface area contributed by atoms with Gasteiger partial charge in [0.25, 0.3) is 0 Å². The van der Waals surface area contributed by atoms with Crippen molar-refractivity contribution in [3.05, 3.63) is 34.6 Å². The highest BCUT2D eigenvalue weighted by Crippen LogP contribution is 2.33. The predicted molar refractivity (Wildman–Crippen MR) is 77.6 cm³/mol. The van der Waals surface area contributed by atoms with Gasteiger partial charge < -0.3 is 5.73 Å². The number of hydrogen-bond acceptors (Lipinski definition) is 5. The minimum absolute atomic E-state index is 0.615. The molecule has 1 aromatic carbocycles. The maximum Gasteiger partial charge on any atom is 0.174 e. The molecule has 0 saturated heterocycles. The molecular weight excluding hydrogens is 286 g/mol. The number of aryl methyl sites for hydroxylation is 1. The van der Waals surface area contributed by atoms with E-state index in [-0.39, 0.29) is 0 Å². The van der Waals surface area contributed by atoms with Gasteiger partial charge in [-0.3, -0.25) is 0 Å². The third kappa shape index (κ3) is 3.45. The Kier molecular flexibility index (Phi) is 5.00. The summed E-state index contributed by atoms with van der Waals surface area (Å²) in [5.41, 5.74) is 6.79. The van der Waals surface area contributed by atoms with Crippen molar-refractivity contribution in [1.29, 1.82) is 0 Å². The van der Waals surface area contributed by atoms with Crippen LogP contribution in [-0.4, -0.2) is 15.9 Å². The van der Waals surface area contributed by atoms with Gasteiger partial charge in [-0.2, -0.15) is 4.37 Å². The van der Waals surface area contributed by atoms with Crippen LogP contribution in [0.2, 0.25) is 5.02 Å². The van der Waals surface area contributed by atoms with Crippen molar-refractivity contribution in [1.82, 2.24) is 9.36 Å². The molecule has 96 valence electrons. The van der Waals surface area contributed by atoms with Gasteiger partial charge in [-0.15, -0.1) is 0 Å². The first-order valence-corrected chi connectivity index (χ1v) is 7.68. The summed E-state index contributed by atoms with van der Waals surface area (Å²) in [7, 11) is 0. The van der Waals surface area contributed by atoms with E-state index in [2.05, 4.69) is 16.3 Å². The van der Waals surface area contributed by atoms with Crippen molar-refractivity contribution in [2.45, 2.75) is 29.0 Å². The van der Waals surface area contributed by atoms with Crippen LogP contribution in [0.15, 0.2) is 27.4 Å². The van der Waals surface area contributed by atoms with E-state index >= 15 is 0 Å². The highest BCUT2D eigenvalue weighted by molar-refractivity contribution is 8.01. The highest BCUT2D eigenvalue weighted by Gasteiger charge is 2.09. The van der Waals surface area contributed by atoms with Crippen LogP contribution in [-0.2, 0) is 12.8 Å². The fourth-order valence-electron chi connectivity index (χ4n) is 1.52. The summed E-state index contributed by atoms with van der Waals surface area (Å²) < 4.78 is 5.25. The monoisotopic (exact) mass is 299 g/mol. The van der Waals surface area contributed by atoms with Crippen LogP contribution in [0.3, 0.4) is 0 Å². The Morgan fingerprint density at radius 1 is 1.44 bits per heavy atom. The Balaban J connectivity index is 2.22. The molecule has 1 heterocycles. The second-order valence-electron chi connectivity index (χ2n) is 3.72. The number of hydrogen-bond donors (Lipinski definition) is 1. The molecule has 0 radical (unpaired) electrons. The standard InChI is InChI=1S/C12H14ClN3S2/c1-2-11-15-12(18-16-11)17-10-4-3-9(13)7-8(10)5-6-14/h3-4,7H,2,5-6,14H2,1H3. The van der Waals surface area contributed by atoms with Crippen molar-refractivity contribution in [3.8, 4) is 0 Å². The Hall–Kier alpha value is -0.620. The van der Waals surface area contributed by atoms with E-state index in [0.717, 1.165) is 32.9 Å². The third-order valence-corrected chi connectivity index (χ3v) is 4.54. The molecule has 0 spiro atoms. The number of benzene rings is 1. The zero-order chi connectivity index (χ0) is 13.0. The summed E-state index contributed by atoms with van der Waals surface area (Å²) in [6, 6.07) is 5.88. The molecule has 0 amide bonds. The molecule has 0 aliphatic carbocycles. The van der Waals surface area contributed by atoms with Gasteiger partial charge in [0.05, 0.1) is 0 Å². The zero-order valence-corrected chi connectivity index (χ0v) is 12.4. The van der Waals surface area contributed by atoms with E-state index in [1.807, 2.05) is 18.2 Å². The molecule has 0 fully saturated rings. The van der Waals surface area contributed by atoms with Crippen molar-refractivity contribution >= 4 is 34.9 Å². The SMILES string of the molecule is CCc1nsc(Sc2ccc(Cl)cc2CCN)n1. The van der Waals surface area contributed by atoms with Gasteiger partial charge in [-0.25, -0.2) is 4.98 Å². The molecule has 6 heteroatoms. The van der Waals surface area contributed by atoms with Crippen LogP contribution in [0.1, 0.15) is 18.3 Å². The van der Waals surface area contributed by atoms with Gasteiger partial charge in [0.15, 0.2) is 4.34 Å². The van der Waals surface area contributed by atoms with Gasteiger partial charge in [-0.05, 0) is 48.3 Å². The summed E-state index contributed by atoms with van der Waals surface area (Å²) >= 11 is 9.07. The molecular formula is C12H14ClN3S2. The summed E-state index contributed by atoms with van der Waals surface area (Å²) in [4.78, 5) is 5.61.